The molecule has 0 radical (unpaired) electrons. The van der Waals surface area contributed by atoms with Crippen LogP contribution in [0.2, 0.25) is 0 Å². The van der Waals surface area contributed by atoms with Crippen LogP contribution in [0.3, 0.4) is 0 Å². The molecular formula is C16H21N5S2. The molecule has 2 aromatic rings. The van der Waals surface area contributed by atoms with Crippen LogP contribution in [-0.2, 0) is 12.8 Å². The Morgan fingerprint density at radius 2 is 1.96 bits per heavy atom. The van der Waals surface area contributed by atoms with Crippen molar-refractivity contribution in [1.29, 1.82) is 10.8 Å². The minimum absolute atomic E-state index is 0.126. The number of H-pyrrole nitrogens is 1. The second-order valence-corrected chi connectivity index (χ2v) is 7.67. The second-order valence-electron chi connectivity index (χ2n) is 5.12. The van der Waals surface area contributed by atoms with E-state index in [9.17, 15) is 0 Å². The Morgan fingerprint density at radius 3 is 2.52 bits per heavy atom. The van der Waals surface area contributed by atoms with Gasteiger partial charge in [-0.05, 0) is 30.9 Å². The third kappa shape index (κ3) is 6.11. The molecule has 0 amide bonds. The summed E-state index contributed by atoms with van der Waals surface area (Å²) in [4.78, 5) is 7.48. The average Bonchev–Trinajstić information content (AvgIpc) is 3.02. The van der Waals surface area contributed by atoms with Gasteiger partial charge in [-0.3, -0.25) is 10.8 Å². The molecule has 1 atom stereocenters. The SMILES string of the molecule is CC(=N)S[C@@H](Cc1ccc(CCSC(=N)N)cc1)c1ncc[nH]1. The summed E-state index contributed by atoms with van der Waals surface area (Å²) in [7, 11) is 0. The van der Waals surface area contributed by atoms with Crippen LogP contribution in [-0.4, -0.2) is 25.9 Å². The Balaban J connectivity index is 1.97. The maximum atomic E-state index is 7.73. The van der Waals surface area contributed by atoms with Crippen molar-refractivity contribution in [3.63, 3.8) is 0 Å². The molecule has 0 fully saturated rings. The number of aryl methyl sites for hydroxylation is 1. The van der Waals surface area contributed by atoms with Gasteiger partial charge < -0.3 is 10.7 Å². The Bertz CT molecular complexity index is 637. The Morgan fingerprint density at radius 1 is 1.26 bits per heavy atom. The first-order chi connectivity index (χ1) is 11.0. The molecule has 2 rings (SSSR count). The van der Waals surface area contributed by atoms with E-state index >= 15 is 0 Å². The Hall–Kier alpha value is -1.73. The number of nitrogens with two attached hydrogens (primary N) is 1. The minimum Gasteiger partial charge on any atom is -0.379 e. The zero-order valence-corrected chi connectivity index (χ0v) is 14.6. The standard InChI is InChI=1S/C16H21N5S2/c1-11(17)23-14(15-20-7-8-21-15)10-13-4-2-12(3-5-13)6-9-22-16(18)19/h2-5,7-8,14,17H,6,9-10H2,1H3,(H3,18,19)(H,20,21)/t14-/m0/s1. The van der Waals surface area contributed by atoms with E-state index in [-0.39, 0.29) is 10.4 Å². The third-order valence-electron chi connectivity index (χ3n) is 3.24. The largest absolute Gasteiger partial charge is 0.379 e. The van der Waals surface area contributed by atoms with Gasteiger partial charge in [0.25, 0.3) is 0 Å². The van der Waals surface area contributed by atoms with Crippen molar-refractivity contribution in [3.05, 3.63) is 53.6 Å². The van der Waals surface area contributed by atoms with Gasteiger partial charge in [0, 0.05) is 18.1 Å². The lowest BCUT2D eigenvalue weighted by molar-refractivity contribution is 0.863. The quantitative estimate of drug-likeness (QED) is 0.454. The summed E-state index contributed by atoms with van der Waals surface area (Å²) in [5, 5.41) is 15.8. The van der Waals surface area contributed by atoms with Crippen molar-refractivity contribution in [3.8, 4) is 0 Å². The van der Waals surface area contributed by atoms with Gasteiger partial charge in [0.2, 0.25) is 0 Å². The summed E-state index contributed by atoms with van der Waals surface area (Å²) < 4.78 is 0. The van der Waals surface area contributed by atoms with E-state index < -0.39 is 0 Å². The number of thioether (sulfide) groups is 2. The zero-order valence-electron chi connectivity index (χ0n) is 13.0. The summed E-state index contributed by atoms with van der Waals surface area (Å²) in [6.45, 7) is 1.80. The smallest absolute Gasteiger partial charge is 0.151 e. The number of aromatic nitrogens is 2. The molecule has 1 aromatic carbocycles. The van der Waals surface area contributed by atoms with Crippen molar-refractivity contribution in [1.82, 2.24) is 9.97 Å². The highest BCUT2D eigenvalue weighted by Gasteiger charge is 2.16. The zero-order chi connectivity index (χ0) is 16.7. The number of aromatic amines is 1. The van der Waals surface area contributed by atoms with Crippen LogP contribution in [0.5, 0.6) is 0 Å². The topological polar surface area (TPSA) is 102 Å². The highest BCUT2D eigenvalue weighted by Crippen LogP contribution is 2.30. The molecule has 0 aliphatic heterocycles. The molecule has 1 heterocycles. The van der Waals surface area contributed by atoms with Crippen LogP contribution in [0.4, 0.5) is 0 Å². The number of benzene rings is 1. The van der Waals surface area contributed by atoms with E-state index in [0.717, 1.165) is 24.4 Å². The van der Waals surface area contributed by atoms with E-state index in [2.05, 4.69) is 34.2 Å². The second kappa shape index (κ2) is 8.79. The first-order valence-corrected chi connectivity index (χ1v) is 9.17. The number of imidazole rings is 1. The first kappa shape index (κ1) is 17.6. The van der Waals surface area contributed by atoms with Crippen LogP contribution in [0.25, 0.3) is 0 Å². The molecule has 0 aliphatic carbocycles. The van der Waals surface area contributed by atoms with Crippen molar-refractivity contribution >= 4 is 33.7 Å². The predicted molar refractivity (Wildman–Crippen MR) is 101 cm³/mol. The third-order valence-corrected chi connectivity index (χ3v) is 4.98. The van der Waals surface area contributed by atoms with Gasteiger partial charge in [0.1, 0.15) is 5.82 Å². The van der Waals surface area contributed by atoms with Crippen LogP contribution >= 0.6 is 23.5 Å². The molecule has 122 valence electrons. The Labute approximate surface area is 144 Å². The number of hydrogen-bond donors (Lipinski definition) is 4. The molecule has 0 saturated heterocycles. The fraction of sp³-hybridized carbons (Fsp3) is 0.312. The monoisotopic (exact) mass is 347 g/mol. The average molecular weight is 348 g/mol. The van der Waals surface area contributed by atoms with Gasteiger partial charge >= 0.3 is 0 Å². The minimum atomic E-state index is 0.126. The number of nitrogens with zero attached hydrogens (tertiary/aromatic N) is 1. The molecule has 5 nitrogen and oxygen atoms in total. The van der Waals surface area contributed by atoms with Gasteiger partial charge in [-0.1, -0.05) is 36.0 Å². The van der Waals surface area contributed by atoms with Gasteiger partial charge in [0.15, 0.2) is 5.17 Å². The first-order valence-electron chi connectivity index (χ1n) is 7.30. The predicted octanol–water partition coefficient (Wildman–Crippen LogP) is 3.59. The molecule has 1 aromatic heterocycles. The fourth-order valence-corrected chi connectivity index (χ4v) is 3.70. The maximum Gasteiger partial charge on any atom is 0.151 e. The maximum absolute atomic E-state index is 7.73. The lowest BCUT2D eigenvalue weighted by Gasteiger charge is -2.14. The molecule has 0 aliphatic rings. The van der Waals surface area contributed by atoms with E-state index in [4.69, 9.17) is 16.6 Å². The molecule has 0 bridgehead atoms. The van der Waals surface area contributed by atoms with Crippen molar-refractivity contribution in [2.45, 2.75) is 25.0 Å². The summed E-state index contributed by atoms with van der Waals surface area (Å²) >= 11 is 2.89. The number of hydrogen-bond acceptors (Lipinski definition) is 5. The number of amidine groups is 1. The molecule has 0 unspecified atom stereocenters. The molecule has 5 N–H and O–H groups in total. The fourth-order valence-electron chi connectivity index (χ4n) is 2.20. The van der Waals surface area contributed by atoms with Crippen LogP contribution in [0.1, 0.15) is 29.1 Å². The van der Waals surface area contributed by atoms with E-state index in [1.807, 2.05) is 6.20 Å². The Kier molecular flexibility index (Phi) is 6.73. The summed E-state index contributed by atoms with van der Waals surface area (Å²) in [6, 6.07) is 8.50. The van der Waals surface area contributed by atoms with Gasteiger partial charge in [0.05, 0.1) is 10.3 Å². The summed E-state index contributed by atoms with van der Waals surface area (Å²) in [6.07, 6.45) is 5.30. The van der Waals surface area contributed by atoms with Crippen molar-refractivity contribution < 1.29 is 0 Å². The molecule has 23 heavy (non-hydrogen) atoms. The molecule has 7 heteroatoms. The summed E-state index contributed by atoms with van der Waals surface area (Å²) in [5.41, 5.74) is 7.81. The van der Waals surface area contributed by atoms with Gasteiger partial charge in [-0.2, -0.15) is 0 Å². The van der Waals surface area contributed by atoms with Crippen LogP contribution in [0.15, 0.2) is 36.7 Å². The van der Waals surface area contributed by atoms with Crippen LogP contribution in [0, 0.1) is 10.8 Å². The van der Waals surface area contributed by atoms with E-state index in [1.54, 1.807) is 13.1 Å². The van der Waals surface area contributed by atoms with Gasteiger partial charge in [-0.25, -0.2) is 4.98 Å². The van der Waals surface area contributed by atoms with Crippen molar-refractivity contribution in [2.24, 2.45) is 5.73 Å². The highest BCUT2D eigenvalue weighted by molar-refractivity contribution is 8.14. The normalized spacial score (nSPS) is 12.0. The van der Waals surface area contributed by atoms with Crippen molar-refractivity contribution in [2.75, 3.05) is 5.75 Å². The molecule has 0 spiro atoms. The van der Waals surface area contributed by atoms with E-state index in [0.29, 0.717) is 5.04 Å². The van der Waals surface area contributed by atoms with Gasteiger partial charge in [-0.15, -0.1) is 11.8 Å². The molecule has 0 saturated carbocycles. The summed E-state index contributed by atoms with van der Waals surface area (Å²) in [5.74, 6) is 1.73. The molecular weight excluding hydrogens is 326 g/mol. The lowest BCUT2D eigenvalue weighted by Crippen LogP contribution is -2.05. The van der Waals surface area contributed by atoms with Crippen LogP contribution < -0.4 is 5.73 Å². The number of rotatable bonds is 7. The highest BCUT2D eigenvalue weighted by atomic mass is 32.2. The lowest BCUT2D eigenvalue weighted by atomic mass is 10.1. The van der Waals surface area contributed by atoms with E-state index in [1.165, 1.54) is 34.7 Å². The number of nitrogens with one attached hydrogen (secondary N) is 3.